The number of hydrogen-bond donors (Lipinski definition) is 5. The van der Waals surface area contributed by atoms with Crippen molar-refractivity contribution in [3.63, 3.8) is 0 Å². The van der Waals surface area contributed by atoms with E-state index in [0.717, 1.165) is 12.8 Å². The molecule has 0 atom stereocenters. The molecule has 0 unspecified atom stereocenters. The molecule has 13 heteroatoms. The van der Waals surface area contributed by atoms with Crippen LogP contribution >= 0.6 is 0 Å². The summed E-state index contributed by atoms with van der Waals surface area (Å²) in [5.74, 6) is -2.21. The number of nitrogen functional groups attached to an aromatic ring is 1. The molecule has 0 saturated heterocycles. The van der Waals surface area contributed by atoms with Crippen LogP contribution in [0.3, 0.4) is 0 Å². The van der Waals surface area contributed by atoms with Gasteiger partial charge in [-0.25, -0.2) is 9.78 Å². The largest absolute Gasteiger partial charge is 0.496 e. The molecule has 13 nitrogen and oxygen atoms in total. The van der Waals surface area contributed by atoms with Crippen molar-refractivity contribution in [2.24, 2.45) is 17.4 Å². The number of amides is 2. The van der Waals surface area contributed by atoms with E-state index < -0.39 is 37.1 Å². The zero-order chi connectivity index (χ0) is 31.8. The predicted molar refractivity (Wildman–Crippen MR) is 162 cm³/mol. The van der Waals surface area contributed by atoms with E-state index in [1.165, 1.54) is 31.4 Å². The van der Waals surface area contributed by atoms with Crippen molar-refractivity contribution in [3.05, 3.63) is 83.2 Å². The van der Waals surface area contributed by atoms with Crippen molar-refractivity contribution < 1.29 is 33.4 Å². The van der Waals surface area contributed by atoms with E-state index in [4.69, 9.17) is 31.1 Å². The lowest BCUT2D eigenvalue weighted by molar-refractivity contribution is -0.150. The molecule has 3 aromatic rings. The number of carbonyl (C=O) groups excluding carboxylic acids is 4. The first-order chi connectivity index (χ1) is 21.1. The molecular formula is C31H32N6O7. The van der Waals surface area contributed by atoms with Gasteiger partial charge in [-0.3, -0.25) is 19.8 Å². The van der Waals surface area contributed by atoms with Gasteiger partial charge in [0.25, 0.3) is 11.8 Å². The first kappa shape index (κ1) is 31.4. The number of esters is 2. The average molecular weight is 601 g/mol. The smallest absolute Gasteiger partial charge is 0.360 e. The van der Waals surface area contributed by atoms with Crippen LogP contribution in [0.4, 0.5) is 5.69 Å². The molecule has 44 heavy (non-hydrogen) atoms. The number of methoxy groups -OCH3 is 1. The molecule has 4 rings (SSSR count). The normalized spacial score (nSPS) is 12.0. The van der Waals surface area contributed by atoms with E-state index in [0.29, 0.717) is 35.0 Å². The Morgan fingerprint density at radius 3 is 2.39 bits per heavy atom. The van der Waals surface area contributed by atoms with E-state index in [9.17, 15) is 19.2 Å². The number of hydrogen-bond acceptors (Lipinski definition) is 10. The molecule has 1 heterocycles. The Balaban J connectivity index is 1.77. The number of pyridine rings is 1. The fraction of sp³-hybridized carbons (Fsp3) is 0.226. The predicted octanol–water partition coefficient (Wildman–Crippen LogP) is 2.69. The summed E-state index contributed by atoms with van der Waals surface area (Å²) < 4.78 is 15.4. The van der Waals surface area contributed by atoms with Crippen LogP contribution in [0.25, 0.3) is 17.2 Å². The van der Waals surface area contributed by atoms with Crippen LogP contribution in [0, 0.1) is 11.3 Å². The van der Waals surface area contributed by atoms with Gasteiger partial charge in [0.05, 0.1) is 13.7 Å². The van der Waals surface area contributed by atoms with Gasteiger partial charge in [-0.2, -0.15) is 0 Å². The lowest BCUT2D eigenvalue weighted by Gasteiger charge is -2.17. The van der Waals surface area contributed by atoms with Crippen LogP contribution < -0.4 is 26.8 Å². The SMILES string of the molecule is C=Cc1cc(C(=O)Nc2ccc(C(=N)N)cc2)c(-c2ccc(C(=O)NCC3CC3)nc2C(=O)OCOC(=O)CN)cc1OC. The highest BCUT2D eigenvalue weighted by molar-refractivity contribution is 6.11. The molecule has 0 radical (unpaired) electrons. The molecule has 0 spiro atoms. The van der Waals surface area contributed by atoms with Crippen molar-refractivity contribution >= 4 is 41.4 Å². The van der Waals surface area contributed by atoms with Gasteiger partial charge in [0.2, 0.25) is 6.79 Å². The number of aromatic nitrogens is 1. The minimum atomic E-state index is -1.01. The molecular weight excluding hydrogens is 568 g/mol. The molecule has 228 valence electrons. The minimum Gasteiger partial charge on any atom is -0.496 e. The zero-order valence-corrected chi connectivity index (χ0v) is 24.0. The van der Waals surface area contributed by atoms with E-state index in [1.807, 2.05) is 0 Å². The maximum absolute atomic E-state index is 13.7. The molecule has 1 fully saturated rings. The van der Waals surface area contributed by atoms with E-state index in [-0.39, 0.29) is 33.9 Å². The first-order valence-corrected chi connectivity index (χ1v) is 13.6. The maximum atomic E-state index is 13.7. The van der Waals surface area contributed by atoms with Gasteiger partial charge < -0.3 is 36.3 Å². The molecule has 0 aliphatic heterocycles. The Bertz CT molecular complexity index is 1620. The Labute approximate surface area is 253 Å². The number of ether oxygens (including phenoxy) is 3. The van der Waals surface area contributed by atoms with Crippen LogP contribution in [0.5, 0.6) is 5.75 Å². The summed E-state index contributed by atoms with van der Waals surface area (Å²) in [4.78, 5) is 55.5. The maximum Gasteiger partial charge on any atom is 0.360 e. The number of nitrogens with two attached hydrogens (primary N) is 2. The number of nitrogens with one attached hydrogen (secondary N) is 3. The topological polar surface area (TPSA) is 209 Å². The number of amidine groups is 1. The van der Waals surface area contributed by atoms with Crippen LogP contribution in [0.15, 0.2) is 55.1 Å². The van der Waals surface area contributed by atoms with Crippen LogP contribution in [-0.2, 0) is 14.3 Å². The summed E-state index contributed by atoms with van der Waals surface area (Å²) >= 11 is 0. The second-order valence-corrected chi connectivity index (χ2v) is 9.81. The number of nitrogens with zero attached hydrogens (tertiary/aromatic N) is 1. The fourth-order valence-corrected chi connectivity index (χ4v) is 4.16. The average Bonchev–Trinajstić information content (AvgIpc) is 3.87. The van der Waals surface area contributed by atoms with Crippen molar-refractivity contribution in [3.8, 4) is 16.9 Å². The Morgan fingerprint density at radius 1 is 1.05 bits per heavy atom. The van der Waals surface area contributed by atoms with Gasteiger partial charge in [0, 0.05) is 40.0 Å². The summed E-state index contributed by atoms with van der Waals surface area (Å²) in [7, 11) is 1.44. The van der Waals surface area contributed by atoms with E-state index in [2.05, 4.69) is 22.2 Å². The summed E-state index contributed by atoms with van der Waals surface area (Å²) in [5, 5.41) is 13.2. The molecule has 0 bridgehead atoms. The molecule has 1 saturated carbocycles. The van der Waals surface area contributed by atoms with Crippen molar-refractivity contribution in [1.29, 1.82) is 5.41 Å². The van der Waals surface area contributed by atoms with Crippen molar-refractivity contribution in [1.82, 2.24) is 10.3 Å². The number of rotatable bonds is 13. The Morgan fingerprint density at radius 2 is 1.77 bits per heavy atom. The van der Waals surface area contributed by atoms with Crippen molar-refractivity contribution in [2.45, 2.75) is 12.8 Å². The fourth-order valence-electron chi connectivity index (χ4n) is 4.16. The van der Waals surface area contributed by atoms with Gasteiger partial charge >= 0.3 is 11.9 Å². The first-order valence-electron chi connectivity index (χ1n) is 13.6. The highest BCUT2D eigenvalue weighted by Crippen LogP contribution is 2.35. The molecule has 7 N–H and O–H groups in total. The highest BCUT2D eigenvalue weighted by Gasteiger charge is 2.26. The summed E-state index contributed by atoms with van der Waals surface area (Å²) in [5.41, 5.74) is 12.3. The molecule has 1 aliphatic rings. The lowest BCUT2D eigenvalue weighted by atomic mass is 9.94. The minimum absolute atomic E-state index is 0.0495. The number of benzene rings is 2. The standard InChI is InChI=1S/C31H32N6O7/c1-3-18-12-23(29(39)36-20-8-6-19(7-9-20)28(33)34)22(13-25(18)42-2)21-10-11-24(30(40)35-15-17-4-5-17)37-27(21)31(41)44-16-43-26(38)14-32/h3,6-13,17H,1,4-5,14-16,32H2,2H3,(H3,33,34)(H,35,40)(H,36,39). The molecule has 2 aromatic carbocycles. The molecule has 1 aliphatic carbocycles. The zero-order valence-electron chi connectivity index (χ0n) is 24.0. The highest BCUT2D eigenvalue weighted by atomic mass is 16.7. The third-order valence-electron chi connectivity index (χ3n) is 6.72. The quantitative estimate of drug-likeness (QED) is 0.0838. The van der Waals surface area contributed by atoms with Gasteiger partial charge in [0.15, 0.2) is 5.69 Å². The number of carbonyl (C=O) groups is 4. The van der Waals surface area contributed by atoms with Crippen LogP contribution in [-0.4, -0.2) is 61.6 Å². The Kier molecular flexibility index (Phi) is 10.0. The number of anilines is 1. The lowest BCUT2D eigenvalue weighted by Crippen LogP contribution is -2.27. The van der Waals surface area contributed by atoms with Gasteiger partial charge in [-0.05, 0) is 67.3 Å². The second-order valence-electron chi connectivity index (χ2n) is 9.81. The van der Waals surface area contributed by atoms with Crippen molar-refractivity contribution in [2.75, 3.05) is 32.3 Å². The molecule has 1 aromatic heterocycles. The van der Waals surface area contributed by atoms with E-state index >= 15 is 0 Å². The Hall–Kier alpha value is -5.56. The molecule has 2 amide bonds. The summed E-state index contributed by atoms with van der Waals surface area (Å²) in [6.07, 6.45) is 3.56. The van der Waals surface area contributed by atoms with Crippen LogP contribution in [0.2, 0.25) is 0 Å². The third kappa shape index (κ3) is 7.63. The van der Waals surface area contributed by atoms with Crippen LogP contribution in [0.1, 0.15) is 55.3 Å². The van der Waals surface area contributed by atoms with Gasteiger partial charge in [-0.15, -0.1) is 0 Å². The third-order valence-corrected chi connectivity index (χ3v) is 6.72. The summed E-state index contributed by atoms with van der Waals surface area (Å²) in [6, 6.07) is 12.3. The second kappa shape index (κ2) is 14.1. The monoisotopic (exact) mass is 600 g/mol. The van der Waals surface area contributed by atoms with E-state index in [1.54, 1.807) is 30.3 Å². The summed E-state index contributed by atoms with van der Waals surface area (Å²) in [6.45, 7) is 3.12. The van der Waals surface area contributed by atoms with Gasteiger partial charge in [-0.1, -0.05) is 12.7 Å². The van der Waals surface area contributed by atoms with Gasteiger partial charge in [0.1, 0.15) is 17.3 Å².